The molecule has 41 heavy (non-hydrogen) atoms. The molecule has 13 heteroatoms. The van der Waals surface area contributed by atoms with Crippen LogP contribution in [0.3, 0.4) is 0 Å². The van der Waals surface area contributed by atoms with Crippen LogP contribution in [-0.2, 0) is 59.2 Å². The summed E-state index contributed by atoms with van der Waals surface area (Å²) in [6, 6.07) is 0. The molecule has 0 aromatic carbocycles. The second kappa shape index (κ2) is 14.6. The molecule has 0 aliphatic heterocycles. The zero-order valence-corrected chi connectivity index (χ0v) is 34.5. The summed E-state index contributed by atoms with van der Waals surface area (Å²) in [5.74, 6) is 0. The summed E-state index contributed by atoms with van der Waals surface area (Å²) in [5, 5.41) is 0. The van der Waals surface area contributed by atoms with Gasteiger partial charge in [-0.15, -0.1) is 0 Å². The third kappa shape index (κ3) is 19.1. The molecule has 0 amide bonds. The molecule has 248 valence electrons. The van der Waals surface area contributed by atoms with Crippen LogP contribution in [-0.4, -0.2) is 64.9 Å². The second-order valence-electron chi connectivity index (χ2n) is 15.9. The van der Waals surface area contributed by atoms with E-state index < -0.39 is 73.7 Å². The van der Waals surface area contributed by atoms with Crippen molar-refractivity contribution in [3.8, 4) is 0 Å². The molecule has 0 spiro atoms. The molecule has 10 nitrogen and oxygen atoms in total. The molecule has 0 fully saturated rings. The second-order valence-corrected chi connectivity index (χ2v) is 26.4. The molecule has 0 radical (unpaired) electrons. The van der Waals surface area contributed by atoms with E-state index in [9.17, 15) is 0 Å². The van der Waals surface area contributed by atoms with Crippen molar-refractivity contribution in [2.75, 3.05) is 13.2 Å². The molecular formula is C28H64O10Si2Zr. The van der Waals surface area contributed by atoms with E-state index in [4.69, 9.17) is 37.2 Å². The van der Waals surface area contributed by atoms with Gasteiger partial charge in [0.25, 0.3) is 0 Å². The molecule has 0 unspecified atom stereocenters. The predicted molar refractivity (Wildman–Crippen MR) is 162 cm³/mol. The first-order valence-electron chi connectivity index (χ1n) is 14.7. The molecule has 0 saturated carbocycles. The minimum absolute atomic E-state index is 0.228. The van der Waals surface area contributed by atoms with Crippen LogP contribution >= 0.6 is 0 Å². The fraction of sp³-hybridized carbons (Fsp3) is 1.00. The van der Waals surface area contributed by atoms with Crippen molar-refractivity contribution in [3.63, 3.8) is 0 Å². The topological polar surface area (TPSA) is 92.3 Å². The SMILES string of the molecule is CC[O][Zr]([O]CC)([O][Si](OC(C)(C)C)(OC(C)(C)C)OC(C)(C)C)[O][Si](OC(C)(C)C)(OC(C)(C)C)OC(C)(C)C. The zero-order chi connectivity index (χ0) is 33.0. The minimum atomic E-state index is -5.34. The molecule has 0 N–H and O–H groups in total. The van der Waals surface area contributed by atoms with Crippen LogP contribution in [0.1, 0.15) is 138 Å². The summed E-state index contributed by atoms with van der Waals surface area (Å²) in [5.41, 5.74) is -4.26. The van der Waals surface area contributed by atoms with Gasteiger partial charge in [-0.05, 0) is 0 Å². The third-order valence-electron chi connectivity index (χ3n) is 3.73. The van der Waals surface area contributed by atoms with Crippen LogP contribution in [0.25, 0.3) is 0 Å². The van der Waals surface area contributed by atoms with Crippen LogP contribution in [0.15, 0.2) is 0 Å². The number of rotatable bonds is 14. The van der Waals surface area contributed by atoms with Gasteiger partial charge >= 0.3 is 263 Å². The Hall–Kier alpha value is 0.917. The van der Waals surface area contributed by atoms with E-state index in [1.54, 1.807) is 0 Å². The Morgan fingerprint density at radius 2 is 0.537 bits per heavy atom. The van der Waals surface area contributed by atoms with E-state index >= 15 is 0 Å². The van der Waals surface area contributed by atoms with Crippen molar-refractivity contribution in [1.82, 2.24) is 0 Å². The molecule has 0 saturated heterocycles. The van der Waals surface area contributed by atoms with Gasteiger partial charge in [-0.1, -0.05) is 0 Å². The summed E-state index contributed by atoms with van der Waals surface area (Å²) in [6.45, 7) is 38.7. The Labute approximate surface area is 261 Å². The maximum absolute atomic E-state index is 6.94. The van der Waals surface area contributed by atoms with Crippen molar-refractivity contribution < 1.29 is 59.2 Å². The summed E-state index contributed by atoms with van der Waals surface area (Å²) in [7, 11) is -8.23. The van der Waals surface area contributed by atoms with Gasteiger partial charge in [-0.3, -0.25) is 0 Å². The van der Waals surface area contributed by atoms with E-state index in [1.165, 1.54) is 0 Å². The normalized spacial score (nSPS) is 15.5. The van der Waals surface area contributed by atoms with Crippen molar-refractivity contribution in [1.29, 1.82) is 0 Å². The van der Waals surface area contributed by atoms with E-state index in [2.05, 4.69) is 0 Å². The van der Waals surface area contributed by atoms with Crippen LogP contribution < -0.4 is 0 Å². The molecule has 0 rings (SSSR count). The van der Waals surface area contributed by atoms with Gasteiger partial charge < -0.3 is 0 Å². The first-order chi connectivity index (χ1) is 17.8. The van der Waals surface area contributed by atoms with E-state index in [1.807, 2.05) is 138 Å². The first-order valence-corrected chi connectivity index (χ1v) is 21.9. The summed E-state index contributed by atoms with van der Waals surface area (Å²) < 4.78 is 66.4. The van der Waals surface area contributed by atoms with Gasteiger partial charge in [-0.25, -0.2) is 0 Å². The molecule has 0 aromatic heterocycles. The van der Waals surface area contributed by atoms with Crippen LogP contribution in [0.4, 0.5) is 0 Å². The monoisotopic (exact) mass is 706 g/mol. The Bertz CT molecular complexity index is 637. The molecule has 0 aliphatic rings. The Morgan fingerprint density at radius 1 is 0.366 bits per heavy atom. The van der Waals surface area contributed by atoms with Gasteiger partial charge in [0.2, 0.25) is 0 Å². The number of hydrogen-bond donors (Lipinski definition) is 0. The molecular weight excluding hydrogens is 644 g/mol. The van der Waals surface area contributed by atoms with Crippen molar-refractivity contribution in [3.05, 3.63) is 0 Å². The Kier molecular flexibility index (Phi) is 14.9. The predicted octanol–water partition coefficient (Wildman–Crippen LogP) is 7.67. The maximum atomic E-state index is 6.94. The van der Waals surface area contributed by atoms with Gasteiger partial charge in [0.15, 0.2) is 0 Å². The summed E-state index contributed by atoms with van der Waals surface area (Å²) in [6.07, 6.45) is 0. The van der Waals surface area contributed by atoms with Gasteiger partial charge in [0, 0.05) is 0 Å². The summed E-state index contributed by atoms with van der Waals surface area (Å²) >= 11 is -5.34. The number of hydrogen-bond acceptors (Lipinski definition) is 10. The standard InChI is InChI=1S/2C12H27O4Si.2C2H5O.Zr/c2*1-10(2,3)14-17(13,15-11(4,5)6)16-12(7,8)9;2*1-2-3;/h2*1-9H3;2*2H2,1H3;/q4*-1;+4. The van der Waals surface area contributed by atoms with Crippen molar-refractivity contribution in [2.45, 2.75) is 172 Å². The third-order valence-corrected chi connectivity index (χ3v) is 20.4. The molecule has 0 aromatic rings. The van der Waals surface area contributed by atoms with Gasteiger partial charge in [-0.2, -0.15) is 0 Å². The average Bonchev–Trinajstić information content (AvgIpc) is 2.50. The molecule has 0 aliphatic carbocycles. The quantitative estimate of drug-likeness (QED) is 0.168. The van der Waals surface area contributed by atoms with Crippen LogP contribution in [0, 0.1) is 0 Å². The molecule has 0 heterocycles. The molecule has 0 atom stereocenters. The average molecular weight is 708 g/mol. The van der Waals surface area contributed by atoms with Crippen molar-refractivity contribution >= 4 is 18.1 Å². The van der Waals surface area contributed by atoms with Crippen molar-refractivity contribution in [2.24, 2.45) is 0 Å². The van der Waals surface area contributed by atoms with Crippen LogP contribution in [0.2, 0.25) is 0 Å². The van der Waals surface area contributed by atoms with E-state index in [-0.39, 0.29) is 13.2 Å². The fourth-order valence-corrected chi connectivity index (χ4v) is 20.3. The Balaban J connectivity index is 7.57. The first kappa shape index (κ1) is 41.9. The van der Waals surface area contributed by atoms with E-state index in [0.29, 0.717) is 0 Å². The summed E-state index contributed by atoms with van der Waals surface area (Å²) in [4.78, 5) is 0. The Morgan fingerprint density at radius 3 is 0.659 bits per heavy atom. The fourth-order valence-electron chi connectivity index (χ4n) is 3.34. The van der Waals surface area contributed by atoms with E-state index in [0.717, 1.165) is 0 Å². The molecule has 0 bridgehead atoms. The zero-order valence-electron chi connectivity index (χ0n) is 30.0. The van der Waals surface area contributed by atoms with Gasteiger partial charge in [0.1, 0.15) is 0 Å². The van der Waals surface area contributed by atoms with Gasteiger partial charge in [0.05, 0.1) is 0 Å². The van der Waals surface area contributed by atoms with Crippen LogP contribution in [0.5, 0.6) is 0 Å².